The van der Waals surface area contributed by atoms with Crippen molar-refractivity contribution in [2.24, 2.45) is 4.99 Å². The van der Waals surface area contributed by atoms with Gasteiger partial charge in [-0.15, -0.1) is 19.3 Å². The van der Waals surface area contributed by atoms with Crippen LogP contribution in [-0.4, -0.2) is 26.2 Å². The van der Waals surface area contributed by atoms with Crippen molar-refractivity contribution in [3.05, 3.63) is 17.2 Å². The SMILES string of the molecule is C#CCONC=Nc1cc(Cl)c(OCC#C)c(OCC#C)c1. The van der Waals surface area contributed by atoms with Gasteiger partial charge in [0.1, 0.15) is 26.2 Å². The number of ether oxygens (including phenoxy) is 2. The molecule has 0 amide bonds. The molecule has 0 atom stereocenters. The molecule has 0 aromatic heterocycles. The molecule has 1 aromatic carbocycles. The largest absolute Gasteiger partial charge is 0.477 e. The molecule has 1 rings (SSSR count). The van der Waals surface area contributed by atoms with Crippen LogP contribution in [0, 0.1) is 37.0 Å². The van der Waals surface area contributed by atoms with E-state index in [4.69, 9.17) is 45.2 Å². The third-order valence-corrected chi connectivity index (χ3v) is 2.39. The third-order valence-electron chi connectivity index (χ3n) is 2.11. The molecule has 0 heterocycles. The minimum absolute atomic E-state index is 0.0518. The van der Waals surface area contributed by atoms with Gasteiger partial charge < -0.3 is 9.47 Å². The molecule has 112 valence electrons. The second-order valence-corrected chi connectivity index (χ2v) is 4.02. The monoisotopic (exact) mass is 316 g/mol. The Balaban J connectivity index is 2.92. The normalized spacial score (nSPS) is 9.55. The van der Waals surface area contributed by atoms with Crippen LogP contribution in [0.25, 0.3) is 0 Å². The third kappa shape index (κ3) is 5.69. The number of hydrogen-bond acceptors (Lipinski definition) is 4. The zero-order valence-corrected chi connectivity index (χ0v) is 12.4. The zero-order valence-electron chi connectivity index (χ0n) is 11.6. The Labute approximate surface area is 134 Å². The number of terminal acetylenes is 3. The molecule has 0 fully saturated rings. The van der Waals surface area contributed by atoms with E-state index in [0.717, 1.165) is 0 Å². The minimum atomic E-state index is 0.0518. The van der Waals surface area contributed by atoms with Gasteiger partial charge in [-0.2, -0.15) is 0 Å². The quantitative estimate of drug-likeness (QED) is 0.263. The summed E-state index contributed by atoms with van der Waals surface area (Å²) in [6.07, 6.45) is 16.7. The van der Waals surface area contributed by atoms with Gasteiger partial charge in [0.05, 0.1) is 10.7 Å². The molecule has 0 saturated carbocycles. The molecule has 6 heteroatoms. The fourth-order valence-electron chi connectivity index (χ4n) is 1.33. The lowest BCUT2D eigenvalue weighted by molar-refractivity contribution is 0.119. The van der Waals surface area contributed by atoms with Gasteiger partial charge in [0, 0.05) is 6.07 Å². The molecular formula is C16H13ClN2O3. The van der Waals surface area contributed by atoms with E-state index in [-0.39, 0.29) is 19.8 Å². The summed E-state index contributed by atoms with van der Waals surface area (Å²) in [5, 5.41) is 0.293. The molecular weight excluding hydrogens is 304 g/mol. The van der Waals surface area contributed by atoms with Crippen LogP contribution in [0.2, 0.25) is 5.02 Å². The number of hydrogen-bond donors (Lipinski definition) is 1. The van der Waals surface area contributed by atoms with Crippen molar-refractivity contribution in [2.75, 3.05) is 19.8 Å². The Morgan fingerprint density at radius 2 is 1.77 bits per heavy atom. The van der Waals surface area contributed by atoms with E-state index in [1.54, 1.807) is 12.1 Å². The number of halogens is 1. The second kappa shape index (κ2) is 10.0. The van der Waals surface area contributed by atoms with Crippen LogP contribution in [-0.2, 0) is 4.84 Å². The molecule has 1 aromatic rings. The highest BCUT2D eigenvalue weighted by Crippen LogP contribution is 2.39. The molecule has 0 unspecified atom stereocenters. The van der Waals surface area contributed by atoms with Crippen molar-refractivity contribution >= 4 is 23.6 Å². The maximum Gasteiger partial charge on any atom is 0.181 e. The number of benzene rings is 1. The first-order chi connectivity index (χ1) is 10.7. The van der Waals surface area contributed by atoms with E-state index in [1.807, 2.05) is 0 Å². The predicted molar refractivity (Wildman–Crippen MR) is 86.2 cm³/mol. The van der Waals surface area contributed by atoms with Crippen LogP contribution in [0.1, 0.15) is 0 Å². The Kier molecular flexibility index (Phi) is 7.87. The molecule has 0 bridgehead atoms. The van der Waals surface area contributed by atoms with Crippen LogP contribution in [0.3, 0.4) is 0 Å². The van der Waals surface area contributed by atoms with Gasteiger partial charge >= 0.3 is 0 Å². The van der Waals surface area contributed by atoms with Crippen molar-refractivity contribution in [3.63, 3.8) is 0 Å². The van der Waals surface area contributed by atoms with Gasteiger partial charge in [0.25, 0.3) is 0 Å². The summed E-state index contributed by atoms with van der Waals surface area (Å²) >= 11 is 6.13. The van der Waals surface area contributed by atoms with Crippen molar-refractivity contribution < 1.29 is 14.3 Å². The molecule has 1 N–H and O–H groups in total. The first-order valence-corrected chi connectivity index (χ1v) is 6.40. The lowest BCUT2D eigenvalue weighted by Crippen LogP contribution is -2.11. The van der Waals surface area contributed by atoms with Gasteiger partial charge in [-0.05, 0) is 6.07 Å². The van der Waals surface area contributed by atoms with E-state index >= 15 is 0 Å². The van der Waals surface area contributed by atoms with Crippen molar-refractivity contribution in [3.8, 4) is 48.5 Å². The molecule has 0 spiro atoms. The fraction of sp³-hybridized carbons (Fsp3) is 0.188. The lowest BCUT2D eigenvalue weighted by Gasteiger charge is -2.12. The van der Waals surface area contributed by atoms with Crippen molar-refractivity contribution in [2.45, 2.75) is 0 Å². The zero-order chi connectivity index (χ0) is 16.2. The van der Waals surface area contributed by atoms with Crippen LogP contribution in [0.15, 0.2) is 17.1 Å². The van der Waals surface area contributed by atoms with Crippen LogP contribution < -0.4 is 15.0 Å². The number of aliphatic imine (C=N–C) groups is 1. The topological polar surface area (TPSA) is 52.1 Å². The summed E-state index contributed by atoms with van der Waals surface area (Å²) in [5.74, 6) is 7.65. The van der Waals surface area contributed by atoms with E-state index in [9.17, 15) is 0 Å². The molecule has 22 heavy (non-hydrogen) atoms. The first-order valence-electron chi connectivity index (χ1n) is 6.02. The maximum atomic E-state index is 6.13. The predicted octanol–water partition coefficient (Wildman–Crippen LogP) is 2.18. The van der Waals surface area contributed by atoms with Gasteiger partial charge in [0.15, 0.2) is 11.5 Å². The van der Waals surface area contributed by atoms with E-state index in [0.29, 0.717) is 22.2 Å². The minimum Gasteiger partial charge on any atom is -0.477 e. The summed E-state index contributed by atoms with van der Waals surface area (Å²) in [6.45, 7) is 0.220. The number of hydroxylamine groups is 1. The summed E-state index contributed by atoms with van der Waals surface area (Å²) in [7, 11) is 0. The standard InChI is InChI=1S/C16H13ClN2O3/c1-4-7-20-15-11-13(18-12-19-22-9-6-3)10-14(17)16(15)21-8-5-2/h1-3,10-12H,7-9H2,(H,18,19). The molecule has 0 saturated heterocycles. The van der Waals surface area contributed by atoms with Gasteiger partial charge in [-0.1, -0.05) is 29.4 Å². The smallest absolute Gasteiger partial charge is 0.181 e. The molecule has 0 aliphatic carbocycles. The summed E-state index contributed by atoms with van der Waals surface area (Å²) < 4.78 is 10.7. The Hall–Kier alpha value is -2.78. The number of nitrogens with zero attached hydrogens (tertiary/aromatic N) is 1. The lowest BCUT2D eigenvalue weighted by atomic mass is 10.2. The number of nitrogens with one attached hydrogen (secondary N) is 1. The number of rotatable bonds is 8. The Morgan fingerprint density at radius 1 is 1.09 bits per heavy atom. The van der Waals surface area contributed by atoms with Gasteiger partial charge in [0.2, 0.25) is 0 Å². The van der Waals surface area contributed by atoms with E-state index in [2.05, 4.69) is 28.2 Å². The van der Waals surface area contributed by atoms with Crippen LogP contribution in [0.4, 0.5) is 5.69 Å². The highest BCUT2D eigenvalue weighted by atomic mass is 35.5. The van der Waals surface area contributed by atoms with E-state index < -0.39 is 0 Å². The highest BCUT2D eigenvalue weighted by molar-refractivity contribution is 6.32. The molecule has 0 aliphatic rings. The first kappa shape index (κ1) is 17.3. The van der Waals surface area contributed by atoms with E-state index in [1.165, 1.54) is 6.34 Å². The summed E-state index contributed by atoms with van der Waals surface area (Å²) in [6, 6.07) is 3.18. The fourth-order valence-corrected chi connectivity index (χ4v) is 1.59. The second-order valence-electron chi connectivity index (χ2n) is 3.61. The summed E-state index contributed by atoms with van der Waals surface area (Å²) in [4.78, 5) is 8.92. The van der Waals surface area contributed by atoms with Crippen LogP contribution >= 0.6 is 11.6 Å². The maximum absolute atomic E-state index is 6.13. The van der Waals surface area contributed by atoms with Crippen LogP contribution in [0.5, 0.6) is 11.5 Å². The average molecular weight is 317 g/mol. The van der Waals surface area contributed by atoms with Gasteiger partial charge in [-0.25, -0.2) is 4.99 Å². The summed E-state index contributed by atoms with van der Waals surface area (Å²) in [5.41, 5.74) is 2.96. The average Bonchev–Trinajstić information content (AvgIpc) is 2.51. The molecule has 0 radical (unpaired) electrons. The molecule has 5 nitrogen and oxygen atoms in total. The Bertz CT molecular complexity index is 651. The molecule has 0 aliphatic heterocycles. The van der Waals surface area contributed by atoms with Gasteiger partial charge in [-0.3, -0.25) is 10.3 Å². The highest BCUT2D eigenvalue weighted by Gasteiger charge is 2.12. The van der Waals surface area contributed by atoms with Crippen molar-refractivity contribution in [1.29, 1.82) is 0 Å². The Morgan fingerprint density at radius 3 is 2.45 bits per heavy atom. The van der Waals surface area contributed by atoms with Crippen molar-refractivity contribution in [1.82, 2.24) is 5.48 Å².